The molecule has 4 aromatic carbocycles. The molecule has 0 saturated carbocycles. The second-order valence-electron chi connectivity index (χ2n) is 7.31. The number of nitrogens with zero attached hydrogens (tertiary/aromatic N) is 1. The molecule has 1 atom stereocenters. The number of hydrogen-bond donors (Lipinski definition) is 1. The SMILES string of the molecule is COC(=O)[C@@H](CS)N(C(=O)c1ccccc1-c1ccccc1)c1cccc2ccccc12. The number of methoxy groups -OCH3 is 1. The minimum absolute atomic E-state index is 0.120. The van der Waals surface area contributed by atoms with Crippen molar-refractivity contribution >= 4 is 41.0 Å². The summed E-state index contributed by atoms with van der Waals surface area (Å²) in [7, 11) is 1.32. The Kier molecular flexibility index (Phi) is 6.57. The Morgan fingerprint density at radius 2 is 1.50 bits per heavy atom. The molecular weight excluding hydrogens is 418 g/mol. The van der Waals surface area contributed by atoms with Gasteiger partial charge in [0.05, 0.1) is 12.8 Å². The van der Waals surface area contributed by atoms with Crippen molar-refractivity contribution in [1.82, 2.24) is 0 Å². The van der Waals surface area contributed by atoms with E-state index in [-0.39, 0.29) is 11.7 Å². The van der Waals surface area contributed by atoms with E-state index in [1.165, 1.54) is 12.0 Å². The van der Waals surface area contributed by atoms with Crippen molar-refractivity contribution < 1.29 is 14.3 Å². The minimum atomic E-state index is -0.884. The van der Waals surface area contributed by atoms with E-state index in [4.69, 9.17) is 4.74 Å². The molecule has 0 saturated heterocycles. The second kappa shape index (κ2) is 9.71. The summed E-state index contributed by atoms with van der Waals surface area (Å²) in [5.41, 5.74) is 2.86. The van der Waals surface area contributed by atoms with Crippen molar-refractivity contribution in [2.45, 2.75) is 6.04 Å². The van der Waals surface area contributed by atoms with Crippen LogP contribution in [0.1, 0.15) is 10.4 Å². The Balaban J connectivity index is 1.92. The second-order valence-corrected chi connectivity index (χ2v) is 7.67. The lowest BCUT2D eigenvalue weighted by Crippen LogP contribution is -2.47. The summed E-state index contributed by atoms with van der Waals surface area (Å²) in [6.07, 6.45) is 0. The number of ether oxygens (including phenoxy) is 1. The van der Waals surface area contributed by atoms with Crippen molar-refractivity contribution in [3.05, 3.63) is 103 Å². The molecule has 0 aliphatic rings. The van der Waals surface area contributed by atoms with E-state index in [0.29, 0.717) is 11.3 Å². The first-order valence-corrected chi connectivity index (χ1v) is 10.9. The van der Waals surface area contributed by atoms with Crippen LogP contribution in [0.5, 0.6) is 0 Å². The zero-order valence-electron chi connectivity index (χ0n) is 17.6. The van der Waals surface area contributed by atoms with Gasteiger partial charge in [-0.25, -0.2) is 4.79 Å². The summed E-state index contributed by atoms with van der Waals surface area (Å²) in [5, 5.41) is 1.85. The third-order valence-electron chi connectivity index (χ3n) is 5.45. The van der Waals surface area contributed by atoms with Gasteiger partial charge in [-0.1, -0.05) is 84.9 Å². The molecule has 32 heavy (non-hydrogen) atoms. The van der Waals surface area contributed by atoms with E-state index in [1.807, 2.05) is 91.0 Å². The average Bonchev–Trinajstić information content (AvgIpc) is 2.86. The molecule has 0 fully saturated rings. The highest BCUT2D eigenvalue weighted by atomic mass is 32.1. The normalized spacial score (nSPS) is 11.7. The Bertz CT molecular complexity index is 1250. The van der Waals surface area contributed by atoms with E-state index in [2.05, 4.69) is 12.6 Å². The zero-order chi connectivity index (χ0) is 22.5. The predicted molar refractivity (Wildman–Crippen MR) is 132 cm³/mol. The van der Waals surface area contributed by atoms with Crippen LogP contribution in [-0.4, -0.2) is 30.8 Å². The van der Waals surface area contributed by atoms with Crippen LogP contribution in [0.15, 0.2) is 97.1 Å². The van der Waals surface area contributed by atoms with Crippen molar-refractivity contribution in [2.24, 2.45) is 0 Å². The summed E-state index contributed by atoms with van der Waals surface area (Å²) in [6, 6.07) is 29.8. The lowest BCUT2D eigenvalue weighted by Gasteiger charge is -2.31. The van der Waals surface area contributed by atoms with E-state index < -0.39 is 12.0 Å². The van der Waals surface area contributed by atoms with E-state index in [0.717, 1.165) is 21.9 Å². The van der Waals surface area contributed by atoms with Gasteiger partial charge in [-0.05, 0) is 28.6 Å². The fourth-order valence-electron chi connectivity index (χ4n) is 3.90. The van der Waals surface area contributed by atoms with Gasteiger partial charge in [-0.2, -0.15) is 12.6 Å². The molecule has 0 heterocycles. The Labute approximate surface area is 192 Å². The molecule has 0 aromatic heterocycles. The van der Waals surface area contributed by atoms with Crippen LogP contribution < -0.4 is 4.90 Å². The van der Waals surface area contributed by atoms with Crippen LogP contribution in [0, 0.1) is 0 Å². The molecule has 0 N–H and O–H groups in total. The molecule has 0 bridgehead atoms. The third kappa shape index (κ3) is 4.12. The van der Waals surface area contributed by atoms with E-state index in [1.54, 1.807) is 6.07 Å². The molecule has 4 nitrogen and oxygen atoms in total. The van der Waals surface area contributed by atoms with Crippen molar-refractivity contribution in [2.75, 3.05) is 17.8 Å². The van der Waals surface area contributed by atoms with E-state index >= 15 is 0 Å². The first-order valence-electron chi connectivity index (χ1n) is 10.3. The largest absolute Gasteiger partial charge is 0.467 e. The number of esters is 1. The summed E-state index contributed by atoms with van der Waals surface area (Å²) in [6.45, 7) is 0. The highest BCUT2D eigenvalue weighted by Crippen LogP contribution is 2.32. The average molecular weight is 442 g/mol. The molecule has 160 valence electrons. The lowest BCUT2D eigenvalue weighted by molar-refractivity contribution is -0.141. The van der Waals surface area contributed by atoms with Crippen LogP contribution >= 0.6 is 12.6 Å². The summed E-state index contributed by atoms with van der Waals surface area (Å²) in [4.78, 5) is 28.3. The van der Waals surface area contributed by atoms with Gasteiger partial charge < -0.3 is 4.74 Å². The van der Waals surface area contributed by atoms with Gasteiger partial charge in [-0.3, -0.25) is 9.69 Å². The molecule has 0 radical (unpaired) electrons. The Morgan fingerprint density at radius 1 is 0.844 bits per heavy atom. The highest BCUT2D eigenvalue weighted by molar-refractivity contribution is 7.80. The topological polar surface area (TPSA) is 46.6 Å². The monoisotopic (exact) mass is 441 g/mol. The van der Waals surface area contributed by atoms with Crippen LogP contribution in [-0.2, 0) is 9.53 Å². The molecule has 1 amide bonds. The smallest absolute Gasteiger partial charge is 0.329 e. The van der Waals surface area contributed by atoms with Crippen molar-refractivity contribution in [3.8, 4) is 11.1 Å². The molecule has 5 heteroatoms. The number of carbonyl (C=O) groups is 2. The fourth-order valence-corrected chi connectivity index (χ4v) is 4.22. The number of rotatable bonds is 6. The highest BCUT2D eigenvalue weighted by Gasteiger charge is 2.33. The van der Waals surface area contributed by atoms with Crippen LogP contribution in [0.2, 0.25) is 0 Å². The maximum Gasteiger partial charge on any atom is 0.329 e. The van der Waals surface area contributed by atoms with Crippen molar-refractivity contribution in [3.63, 3.8) is 0 Å². The first kappa shape index (κ1) is 21.7. The van der Waals surface area contributed by atoms with Crippen molar-refractivity contribution in [1.29, 1.82) is 0 Å². The van der Waals surface area contributed by atoms with Crippen LogP contribution in [0.3, 0.4) is 0 Å². The lowest BCUT2D eigenvalue weighted by atomic mass is 9.97. The number of benzene rings is 4. The van der Waals surface area contributed by atoms with Gasteiger partial charge in [0, 0.05) is 16.7 Å². The van der Waals surface area contributed by atoms with Crippen LogP contribution in [0.4, 0.5) is 5.69 Å². The number of fused-ring (bicyclic) bond motifs is 1. The van der Waals surface area contributed by atoms with Gasteiger partial charge in [0.2, 0.25) is 0 Å². The van der Waals surface area contributed by atoms with Crippen LogP contribution in [0.25, 0.3) is 21.9 Å². The molecule has 0 aliphatic carbocycles. The number of anilines is 1. The quantitative estimate of drug-likeness (QED) is 0.312. The molecule has 0 spiro atoms. The first-order chi connectivity index (χ1) is 15.7. The molecule has 0 aliphatic heterocycles. The van der Waals surface area contributed by atoms with E-state index in [9.17, 15) is 9.59 Å². The van der Waals surface area contributed by atoms with Gasteiger partial charge in [-0.15, -0.1) is 0 Å². The molecular formula is C27H23NO3S. The maximum atomic E-state index is 14.1. The summed E-state index contributed by atoms with van der Waals surface area (Å²) in [5.74, 6) is -0.682. The molecule has 4 aromatic rings. The molecule has 0 unspecified atom stereocenters. The minimum Gasteiger partial charge on any atom is -0.467 e. The van der Waals surface area contributed by atoms with Gasteiger partial charge in [0.25, 0.3) is 5.91 Å². The van der Waals surface area contributed by atoms with Gasteiger partial charge >= 0.3 is 5.97 Å². The number of carbonyl (C=O) groups excluding carboxylic acids is 2. The fraction of sp³-hybridized carbons (Fsp3) is 0.111. The van der Waals surface area contributed by atoms with Gasteiger partial charge in [0.1, 0.15) is 6.04 Å². The number of thiol groups is 1. The number of amides is 1. The Morgan fingerprint density at radius 3 is 2.25 bits per heavy atom. The zero-order valence-corrected chi connectivity index (χ0v) is 18.5. The third-order valence-corrected chi connectivity index (χ3v) is 5.79. The van der Waals surface area contributed by atoms with Gasteiger partial charge in [0.15, 0.2) is 0 Å². The number of hydrogen-bond acceptors (Lipinski definition) is 4. The Hall–Kier alpha value is -3.57. The summed E-state index contributed by atoms with van der Waals surface area (Å²) >= 11 is 4.40. The molecule has 4 rings (SSSR count). The summed E-state index contributed by atoms with van der Waals surface area (Å²) < 4.78 is 5.04. The predicted octanol–water partition coefficient (Wildman–Crippen LogP) is 5.63. The standard InChI is InChI=1S/C27H23NO3S/c1-31-27(30)25(18-32)28(24-17-9-13-20-12-5-6-15-22(20)24)26(29)23-16-8-7-14-21(23)19-10-3-2-4-11-19/h2-17,25,32H,18H2,1H3/t25-/m1/s1. The maximum absolute atomic E-state index is 14.1.